The maximum atomic E-state index is 12.9. The molecule has 1 amide bonds. The average molecular weight is 376 g/mol. The predicted octanol–water partition coefficient (Wildman–Crippen LogP) is 2.34. The highest BCUT2D eigenvalue weighted by Crippen LogP contribution is 2.33. The first-order valence-corrected chi connectivity index (χ1v) is 8.90. The number of sulfonamides is 1. The molecule has 1 aliphatic rings. The first-order valence-electron chi connectivity index (χ1n) is 7.42. The quantitative estimate of drug-likeness (QED) is 0.851. The van der Waals surface area contributed by atoms with E-state index in [0.717, 1.165) is 25.0 Å². The normalized spacial score (nSPS) is 17.9. The molecule has 0 aromatic heterocycles. The molecule has 1 N–H and O–H groups in total. The average Bonchev–Trinajstić information content (AvgIpc) is 3.04. The Morgan fingerprint density at radius 2 is 2.12 bits per heavy atom. The maximum Gasteiger partial charge on any atom is 0.417 e. The largest absolute Gasteiger partial charge is 0.417 e. The fourth-order valence-electron chi connectivity index (χ4n) is 2.45. The van der Waals surface area contributed by atoms with Gasteiger partial charge in [0.1, 0.15) is 0 Å². The van der Waals surface area contributed by atoms with Gasteiger partial charge < -0.3 is 4.74 Å². The van der Waals surface area contributed by atoms with Crippen LogP contribution in [0.15, 0.2) is 23.1 Å². The molecule has 0 unspecified atom stereocenters. The van der Waals surface area contributed by atoms with E-state index in [9.17, 15) is 26.4 Å². The number of ether oxygens (including phenoxy) is 1. The molecule has 6 nitrogen and oxygen atoms in total. The molecule has 136 valence electrons. The summed E-state index contributed by atoms with van der Waals surface area (Å²) >= 11 is 0. The number of hydrogen-bond acceptors (Lipinski definition) is 5. The van der Waals surface area contributed by atoms with Crippen molar-refractivity contribution in [3.8, 4) is 6.07 Å². The lowest BCUT2D eigenvalue weighted by molar-refractivity contribution is -0.137. The topological polar surface area (TPSA) is 96.3 Å². The van der Waals surface area contributed by atoms with Gasteiger partial charge in [-0.25, -0.2) is 13.1 Å². The number of rotatable bonds is 5. The highest BCUT2D eigenvalue weighted by Gasteiger charge is 2.35. The molecule has 1 aliphatic heterocycles. The van der Waals surface area contributed by atoms with Crippen LogP contribution >= 0.6 is 0 Å². The smallest absolute Gasteiger partial charge is 0.378 e. The van der Waals surface area contributed by atoms with E-state index in [1.54, 1.807) is 4.72 Å². The minimum Gasteiger partial charge on any atom is -0.378 e. The molecular weight excluding hydrogens is 361 g/mol. The van der Waals surface area contributed by atoms with Crippen LogP contribution in [0.4, 0.5) is 13.2 Å². The van der Waals surface area contributed by atoms with Crippen LogP contribution in [0.2, 0.25) is 0 Å². The molecular formula is C15H15F3N2O4S. The molecule has 1 fully saturated rings. The molecule has 1 aromatic carbocycles. The lowest BCUT2D eigenvalue weighted by Crippen LogP contribution is -2.31. The zero-order chi connectivity index (χ0) is 18.7. The summed E-state index contributed by atoms with van der Waals surface area (Å²) in [6, 6.07) is 3.31. The standard InChI is InChI=1S/C15H15F3N2O4S/c16-15(17,18)13-8-12(5-3-10(13)9-19)25(22,23)20-14(21)6-4-11-2-1-7-24-11/h3,5,8,11H,1-2,4,6-7H2,(H,20,21)/t11-/m0/s1. The van der Waals surface area contributed by atoms with E-state index >= 15 is 0 Å². The van der Waals surface area contributed by atoms with Crippen molar-refractivity contribution in [2.75, 3.05) is 6.61 Å². The van der Waals surface area contributed by atoms with Crippen LogP contribution in [0.25, 0.3) is 0 Å². The van der Waals surface area contributed by atoms with Crippen molar-refractivity contribution in [2.45, 2.75) is 42.9 Å². The van der Waals surface area contributed by atoms with Gasteiger partial charge in [-0.15, -0.1) is 0 Å². The first-order chi connectivity index (χ1) is 11.6. The van der Waals surface area contributed by atoms with Crippen molar-refractivity contribution in [1.82, 2.24) is 4.72 Å². The van der Waals surface area contributed by atoms with Gasteiger partial charge in [0.25, 0.3) is 10.0 Å². The van der Waals surface area contributed by atoms with E-state index in [-0.39, 0.29) is 12.5 Å². The van der Waals surface area contributed by atoms with Crippen molar-refractivity contribution in [2.24, 2.45) is 0 Å². The Balaban J connectivity index is 2.13. The van der Waals surface area contributed by atoms with Crippen LogP contribution in [0.5, 0.6) is 0 Å². The fraction of sp³-hybridized carbons (Fsp3) is 0.467. The zero-order valence-electron chi connectivity index (χ0n) is 13.0. The number of nitrogens with zero attached hydrogens (tertiary/aromatic N) is 1. The van der Waals surface area contributed by atoms with Crippen LogP contribution in [0.3, 0.4) is 0 Å². The van der Waals surface area contributed by atoms with Gasteiger partial charge in [-0.1, -0.05) is 0 Å². The number of carbonyl (C=O) groups is 1. The summed E-state index contributed by atoms with van der Waals surface area (Å²) in [6.45, 7) is 0.593. The van der Waals surface area contributed by atoms with Crippen molar-refractivity contribution in [3.05, 3.63) is 29.3 Å². The Hall–Kier alpha value is -2.12. The summed E-state index contributed by atoms with van der Waals surface area (Å²) in [7, 11) is -4.46. The summed E-state index contributed by atoms with van der Waals surface area (Å²) < 4.78 is 70.0. The number of carbonyl (C=O) groups excluding carboxylic acids is 1. The summed E-state index contributed by atoms with van der Waals surface area (Å²) in [5.74, 6) is -0.826. The van der Waals surface area contributed by atoms with E-state index in [4.69, 9.17) is 10.00 Å². The molecule has 1 heterocycles. The van der Waals surface area contributed by atoms with Crippen molar-refractivity contribution in [3.63, 3.8) is 0 Å². The second-order valence-corrected chi connectivity index (χ2v) is 7.20. The third-order valence-corrected chi connectivity index (χ3v) is 5.06. The summed E-state index contributed by atoms with van der Waals surface area (Å²) in [4.78, 5) is 11.0. The number of amides is 1. The van der Waals surface area contributed by atoms with Crippen LogP contribution in [-0.2, 0) is 25.7 Å². The predicted molar refractivity (Wildman–Crippen MR) is 79.7 cm³/mol. The van der Waals surface area contributed by atoms with Gasteiger partial charge in [-0.2, -0.15) is 18.4 Å². The Kier molecular flexibility index (Phi) is 5.69. The van der Waals surface area contributed by atoms with Gasteiger partial charge in [0, 0.05) is 13.0 Å². The monoisotopic (exact) mass is 376 g/mol. The molecule has 1 saturated heterocycles. The number of hydrogen-bond donors (Lipinski definition) is 1. The lowest BCUT2D eigenvalue weighted by Gasteiger charge is -2.12. The second-order valence-electron chi connectivity index (χ2n) is 5.52. The molecule has 0 bridgehead atoms. The molecule has 0 spiro atoms. The fourth-order valence-corrected chi connectivity index (χ4v) is 3.49. The first kappa shape index (κ1) is 19.2. The summed E-state index contributed by atoms with van der Waals surface area (Å²) in [6.07, 6.45) is -3.13. The molecule has 10 heteroatoms. The Morgan fingerprint density at radius 3 is 2.68 bits per heavy atom. The lowest BCUT2D eigenvalue weighted by atomic mass is 10.1. The van der Waals surface area contributed by atoms with E-state index in [2.05, 4.69) is 0 Å². The van der Waals surface area contributed by atoms with Gasteiger partial charge in [0.2, 0.25) is 5.91 Å². The maximum absolute atomic E-state index is 12.9. The van der Waals surface area contributed by atoms with Crippen LogP contribution in [0, 0.1) is 11.3 Å². The van der Waals surface area contributed by atoms with Crippen LogP contribution < -0.4 is 4.72 Å². The zero-order valence-corrected chi connectivity index (χ0v) is 13.8. The van der Waals surface area contributed by atoms with E-state index < -0.39 is 38.1 Å². The summed E-state index contributed by atoms with van der Waals surface area (Å²) in [5.41, 5.74) is -2.07. The summed E-state index contributed by atoms with van der Waals surface area (Å²) in [5, 5.41) is 8.71. The minimum absolute atomic E-state index is 0.111. The van der Waals surface area contributed by atoms with Gasteiger partial charge in [0.15, 0.2) is 0 Å². The molecule has 0 radical (unpaired) electrons. The SMILES string of the molecule is N#Cc1ccc(S(=O)(=O)NC(=O)CC[C@@H]2CCCO2)cc1C(F)(F)F. The molecule has 1 atom stereocenters. The molecule has 25 heavy (non-hydrogen) atoms. The minimum atomic E-state index is -4.89. The second kappa shape index (κ2) is 7.41. The Morgan fingerprint density at radius 1 is 1.40 bits per heavy atom. The Labute approximate surface area is 142 Å². The third kappa shape index (κ3) is 4.93. The molecule has 2 rings (SSSR count). The number of nitriles is 1. The van der Waals surface area contributed by atoms with Gasteiger partial charge in [0.05, 0.1) is 28.2 Å². The number of halogens is 3. The highest BCUT2D eigenvalue weighted by atomic mass is 32.2. The van der Waals surface area contributed by atoms with Crippen LogP contribution in [0.1, 0.15) is 36.8 Å². The Bertz CT molecular complexity index is 794. The third-order valence-electron chi connectivity index (χ3n) is 3.69. The van der Waals surface area contributed by atoms with E-state index in [0.29, 0.717) is 19.1 Å². The number of nitrogens with one attached hydrogen (secondary N) is 1. The molecule has 0 aliphatic carbocycles. The van der Waals surface area contributed by atoms with E-state index in [1.165, 1.54) is 6.07 Å². The van der Waals surface area contributed by atoms with Crippen molar-refractivity contribution in [1.29, 1.82) is 5.26 Å². The van der Waals surface area contributed by atoms with Gasteiger partial charge in [-0.3, -0.25) is 4.79 Å². The van der Waals surface area contributed by atoms with Crippen molar-refractivity contribution < 1.29 is 31.1 Å². The highest BCUT2D eigenvalue weighted by molar-refractivity contribution is 7.90. The number of benzene rings is 1. The van der Waals surface area contributed by atoms with Gasteiger partial charge in [-0.05, 0) is 37.5 Å². The van der Waals surface area contributed by atoms with Crippen LogP contribution in [-0.4, -0.2) is 27.0 Å². The number of alkyl halides is 3. The molecule has 1 aromatic rings. The molecule has 0 saturated carbocycles. The van der Waals surface area contributed by atoms with Crippen molar-refractivity contribution >= 4 is 15.9 Å². The van der Waals surface area contributed by atoms with E-state index in [1.807, 2.05) is 0 Å². The van der Waals surface area contributed by atoms with Gasteiger partial charge >= 0.3 is 6.18 Å².